The molecule has 0 saturated carbocycles. The largest absolute Gasteiger partial charge is 0.265 e. The number of rotatable bonds is 1. The predicted molar refractivity (Wildman–Crippen MR) is 85.1 cm³/mol. The van der Waals surface area contributed by atoms with Gasteiger partial charge in [0, 0.05) is 0 Å². The molecule has 0 saturated heterocycles. The van der Waals surface area contributed by atoms with Crippen LogP contribution in [0.5, 0.6) is 0 Å². The number of aliphatic imine (C=N–C) groups is 1. The number of hydrogen-bond acceptors (Lipinski definition) is 1. The maximum atomic E-state index is 3.87. The fourth-order valence-electron chi connectivity index (χ4n) is 1.28. The molecule has 0 radical (unpaired) electrons. The highest BCUT2D eigenvalue weighted by Gasteiger charge is 1.91. The van der Waals surface area contributed by atoms with E-state index in [-0.39, 0.29) is 0 Å². The van der Waals surface area contributed by atoms with E-state index in [1.54, 1.807) is 0 Å². The molecule has 2 aromatic carbocycles. The van der Waals surface area contributed by atoms with Gasteiger partial charge in [0.2, 0.25) is 0 Å². The summed E-state index contributed by atoms with van der Waals surface area (Å²) in [5, 5.41) is 2.45. The van der Waals surface area contributed by atoms with Gasteiger partial charge in [-0.3, -0.25) is 4.99 Å². The molecule has 18 heavy (non-hydrogen) atoms. The molecule has 0 aliphatic carbocycles. The van der Waals surface area contributed by atoms with Gasteiger partial charge in [0.05, 0.1) is 5.69 Å². The molecule has 0 fully saturated rings. The molecule has 0 spiro atoms. The van der Waals surface area contributed by atoms with Crippen molar-refractivity contribution in [3.8, 4) is 0 Å². The summed E-state index contributed by atoms with van der Waals surface area (Å²) in [6, 6.07) is 14.3. The van der Waals surface area contributed by atoms with Gasteiger partial charge in [-0.15, -0.1) is 0 Å². The van der Waals surface area contributed by atoms with Gasteiger partial charge in [-0.2, -0.15) is 0 Å². The molecule has 0 aliphatic heterocycles. The van der Waals surface area contributed by atoms with E-state index in [9.17, 15) is 0 Å². The van der Waals surface area contributed by atoms with E-state index in [4.69, 9.17) is 0 Å². The van der Waals surface area contributed by atoms with E-state index < -0.39 is 0 Å². The SMILES string of the molecule is C=Nc1ccc2ccccc2c1.CCC.CCC. The van der Waals surface area contributed by atoms with Crippen molar-refractivity contribution in [2.75, 3.05) is 0 Å². The Hall–Kier alpha value is -1.63. The monoisotopic (exact) mass is 243 g/mol. The van der Waals surface area contributed by atoms with Crippen LogP contribution >= 0.6 is 0 Å². The second kappa shape index (κ2) is 10.5. The minimum Gasteiger partial charge on any atom is -0.265 e. The van der Waals surface area contributed by atoms with Crippen molar-refractivity contribution in [2.24, 2.45) is 4.99 Å². The van der Waals surface area contributed by atoms with Crippen LogP contribution in [-0.2, 0) is 0 Å². The summed E-state index contributed by atoms with van der Waals surface area (Å²) in [5.74, 6) is 0. The minimum atomic E-state index is 0.925. The summed E-state index contributed by atoms with van der Waals surface area (Å²) in [4.78, 5) is 3.87. The van der Waals surface area contributed by atoms with Crippen molar-refractivity contribution in [1.29, 1.82) is 0 Å². The molecule has 1 heteroatoms. The van der Waals surface area contributed by atoms with Crippen LogP contribution in [0.3, 0.4) is 0 Å². The Morgan fingerprint density at radius 2 is 1.33 bits per heavy atom. The molecule has 0 atom stereocenters. The second-order valence-electron chi connectivity index (χ2n) is 4.10. The average Bonchev–Trinajstić information content (AvgIpc) is 2.40. The molecule has 0 bridgehead atoms. The van der Waals surface area contributed by atoms with Crippen LogP contribution in [0.1, 0.15) is 40.5 Å². The van der Waals surface area contributed by atoms with E-state index in [0.29, 0.717) is 0 Å². The Bertz CT molecular complexity index is 444. The molecule has 0 amide bonds. The highest BCUT2D eigenvalue weighted by molar-refractivity contribution is 5.85. The lowest BCUT2D eigenvalue weighted by atomic mass is 10.1. The molecule has 2 aromatic rings. The molecular formula is C17H25N. The Balaban J connectivity index is 0.000000414. The first-order chi connectivity index (χ1) is 8.73. The van der Waals surface area contributed by atoms with E-state index in [2.05, 4.69) is 57.6 Å². The van der Waals surface area contributed by atoms with Gasteiger partial charge in [0.25, 0.3) is 0 Å². The maximum Gasteiger partial charge on any atom is 0.0628 e. The molecule has 0 heterocycles. The zero-order valence-electron chi connectivity index (χ0n) is 12.1. The fourth-order valence-corrected chi connectivity index (χ4v) is 1.28. The highest BCUT2D eigenvalue weighted by atomic mass is 14.7. The molecule has 98 valence electrons. The second-order valence-corrected chi connectivity index (χ2v) is 4.10. The van der Waals surface area contributed by atoms with Gasteiger partial charge >= 0.3 is 0 Å². The fraction of sp³-hybridized carbons (Fsp3) is 0.353. The Labute approximate surface area is 112 Å². The van der Waals surface area contributed by atoms with Crippen molar-refractivity contribution in [2.45, 2.75) is 40.5 Å². The van der Waals surface area contributed by atoms with Crippen LogP contribution in [0, 0.1) is 0 Å². The van der Waals surface area contributed by atoms with Gasteiger partial charge in [-0.1, -0.05) is 70.9 Å². The molecule has 2 rings (SSSR count). The number of fused-ring (bicyclic) bond motifs is 1. The van der Waals surface area contributed by atoms with Gasteiger partial charge in [-0.25, -0.2) is 0 Å². The summed E-state index contributed by atoms with van der Waals surface area (Å²) in [5.41, 5.74) is 0.925. The molecular weight excluding hydrogens is 218 g/mol. The van der Waals surface area contributed by atoms with Gasteiger partial charge in [0.1, 0.15) is 0 Å². The van der Waals surface area contributed by atoms with Crippen LogP contribution in [0.2, 0.25) is 0 Å². The van der Waals surface area contributed by atoms with Crippen LogP contribution in [0.25, 0.3) is 10.8 Å². The maximum absolute atomic E-state index is 3.87. The van der Waals surface area contributed by atoms with Gasteiger partial charge in [0.15, 0.2) is 0 Å². The summed E-state index contributed by atoms with van der Waals surface area (Å²) in [7, 11) is 0. The third-order valence-corrected chi connectivity index (χ3v) is 1.92. The van der Waals surface area contributed by atoms with Gasteiger partial charge in [-0.05, 0) is 29.6 Å². The Morgan fingerprint density at radius 1 is 0.833 bits per heavy atom. The van der Waals surface area contributed by atoms with Crippen LogP contribution < -0.4 is 0 Å². The van der Waals surface area contributed by atoms with E-state index >= 15 is 0 Å². The average molecular weight is 243 g/mol. The van der Waals surface area contributed by atoms with Crippen molar-refractivity contribution >= 4 is 23.2 Å². The summed E-state index contributed by atoms with van der Waals surface area (Å²) >= 11 is 0. The van der Waals surface area contributed by atoms with Crippen molar-refractivity contribution in [1.82, 2.24) is 0 Å². The first-order valence-electron chi connectivity index (χ1n) is 6.68. The van der Waals surface area contributed by atoms with Crippen molar-refractivity contribution in [3.63, 3.8) is 0 Å². The number of nitrogens with zero attached hydrogens (tertiary/aromatic N) is 1. The lowest BCUT2D eigenvalue weighted by Gasteiger charge is -1.97. The lowest BCUT2D eigenvalue weighted by molar-refractivity contribution is 1.09. The number of hydrogen-bond donors (Lipinski definition) is 0. The lowest BCUT2D eigenvalue weighted by Crippen LogP contribution is -1.69. The Morgan fingerprint density at radius 3 is 1.83 bits per heavy atom. The van der Waals surface area contributed by atoms with Gasteiger partial charge < -0.3 is 0 Å². The molecule has 0 N–H and O–H groups in total. The van der Waals surface area contributed by atoms with E-state index in [1.807, 2.05) is 24.3 Å². The summed E-state index contributed by atoms with van der Waals surface area (Å²) in [6.45, 7) is 12.0. The molecule has 0 aliphatic rings. The quantitative estimate of drug-likeness (QED) is 0.544. The van der Waals surface area contributed by atoms with E-state index in [1.165, 1.54) is 23.6 Å². The van der Waals surface area contributed by atoms with Crippen molar-refractivity contribution in [3.05, 3.63) is 42.5 Å². The molecule has 0 aromatic heterocycles. The summed E-state index contributed by atoms with van der Waals surface area (Å²) < 4.78 is 0. The highest BCUT2D eigenvalue weighted by Crippen LogP contribution is 2.19. The standard InChI is InChI=1S/C11H9N.2C3H8/c1-12-11-7-6-9-4-2-3-5-10(9)8-11;2*1-3-2/h2-8H,1H2;2*3H2,1-2H3. The zero-order valence-corrected chi connectivity index (χ0v) is 12.1. The first-order valence-corrected chi connectivity index (χ1v) is 6.68. The van der Waals surface area contributed by atoms with Crippen LogP contribution in [0.15, 0.2) is 47.5 Å². The van der Waals surface area contributed by atoms with E-state index in [0.717, 1.165) is 5.69 Å². The predicted octanol–water partition coefficient (Wildman–Crippen LogP) is 6.00. The first kappa shape index (κ1) is 16.4. The zero-order chi connectivity index (χ0) is 13.8. The third kappa shape index (κ3) is 6.19. The normalized spacial score (nSPS) is 8.67. The third-order valence-electron chi connectivity index (χ3n) is 1.92. The van der Waals surface area contributed by atoms with Crippen LogP contribution in [0.4, 0.5) is 5.69 Å². The molecule has 1 nitrogen and oxygen atoms in total. The topological polar surface area (TPSA) is 12.4 Å². The smallest absolute Gasteiger partial charge is 0.0628 e. The summed E-state index contributed by atoms with van der Waals surface area (Å²) in [6.07, 6.45) is 2.50. The van der Waals surface area contributed by atoms with Crippen molar-refractivity contribution < 1.29 is 0 Å². The number of benzene rings is 2. The Kier molecular flexibility index (Phi) is 9.57. The van der Waals surface area contributed by atoms with Crippen LogP contribution in [-0.4, -0.2) is 6.72 Å². The minimum absolute atomic E-state index is 0.925. The molecule has 0 unspecified atom stereocenters.